The van der Waals surface area contributed by atoms with Gasteiger partial charge in [-0.1, -0.05) is 27.4 Å². The monoisotopic (exact) mass is 224 g/mol. The van der Waals surface area contributed by atoms with Gasteiger partial charge in [0.15, 0.2) is 0 Å². The van der Waals surface area contributed by atoms with Crippen LogP contribution < -0.4 is 0 Å². The summed E-state index contributed by atoms with van der Waals surface area (Å²) < 4.78 is 5.91. The average molecular weight is 224 g/mol. The van der Waals surface area contributed by atoms with Gasteiger partial charge < -0.3 is 9.53 Å². The summed E-state index contributed by atoms with van der Waals surface area (Å²) >= 11 is 0. The van der Waals surface area contributed by atoms with E-state index in [1.54, 1.807) is 0 Å². The second-order valence-corrected chi connectivity index (χ2v) is 5.95. The molecule has 0 amide bonds. The Hall–Kier alpha value is -0.630. The van der Waals surface area contributed by atoms with Crippen molar-refractivity contribution < 1.29 is 9.53 Å². The first-order valence-electron chi connectivity index (χ1n) is 6.19. The summed E-state index contributed by atoms with van der Waals surface area (Å²) in [5, 5.41) is 0. The van der Waals surface area contributed by atoms with Gasteiger partial charge in [0, 0.05) is 6.42 Å². The molecule has 2 nitrogen and oxygen atoms in total. The highest BCUT2D eigenvalue weighted by molar-refractivity contribution is 5.49. The zero-order valence-electron chi connectivity index (χ0n) is 10.8. The Labute approximate surface area is 99.1 Å². The van der Waals surface area contributed by atoms with Gasteiger partial charge in [-0.2, -0.15) is 0 Å². The van der Waals surface area contributed by atoms with E-state index in [0.717, 1.165) is 32.0 Å². The van der Waals surface area contributed by atoms with Crippen LogP contribution in [0.4, 0.5) is 0 Å². The normalized spacial score (nSPS) is 26.1. The molecule has 0 aromatic carbocycles. The molecule has 0 aromatic rings. The van der Waals surface area contributed by atoms with E-state index < -0.39 is 0 Å². The van der Waals surface area contributed by atoms with E-state index in [-0.39, 0.29) is 12.2 Å². The molecule has 0 radical (unpaired) electrons. The maximum absolute atomic E-state index is 10.3. The minimum atomic E-state index is 0.218. The van der Waals surface area contributed by atoms with Gasteiger partial charge in [0.1, 0.15) is 6.29 Å². The molecule has 1 saturated heterocycles. The van der Waals surface area contributed by atoms with E-state index in [2.05, 4.69) is 27.4 Å². The predicted octanol–water partition coefficient (Wildman–Crippen LogP) is 3.51. The highest BCUT2D eigenvalue weighted by atomic mass is 16.5. The second-order valence-electron chi connectivity index (χ2n) is 5.95. The van der Waals surface area contributed by atoms with Crippen molar-refractivity contribution >= 4 is 6.29 Å². The van der Waals surface area contributed by atoms with Gasteiger partial charge in [0.2, 0.25) is 0 Å². The molecule has 0 N–H and O–H groups in total. The number of hydrogen-bond acceptors (Lipinski definition) is 2. The van der Waals surface area contributed by atoms with E-state index in [4.69, 9.17) is 4.74 Å². The minimum Gasteiger partial charge on any atom is -0.370 e. The molecule has 2 atom stereocenters. The number of hydrogen-bond donors (Lipinski definition) is 0. The maximum Gasteiger partial charge on any atom is 0.120 e. The Morgan fingerprint density at radius 2 is 2.12 bits per heavy atom. The van der Waals surface area contributed by atoms with Gasteiger partial charge in [-0.15, -0.1) is 0 Å². The van der Waals surface area contributed by atoms with Crippen molar-refractivity contribution in [2.24, 2.45) is 5.41 Å². The fourth-order valence-electron chi connectivity index (χ4n) is 2.06. The molecule has 1 fully saturated rings. The van der Waals surface area contributed by atoms with Gasteiger partial charge in [-0.25, -0.2) is 0 Å². The topological polar surface area (TPSA) is 26.3 Å². The van der Waals surface area contributed by atoms with Crippen LogP contribution in [0.25, 0.3) is 0 Å². The van der Waals surface area contributed by atoms with E-state index in [1.807, 2.05) is 0 Å². The number of aldehydes is 1. The molecular weight excluding hydrogens is 200 g/mol. The van der Waals surface area contributed by atoms with Crippen molar-refractivity contribution in [1.82, 2.24) is 0 Å². The summed E-state index contributed by atoms with van der Waals surface area (Å²) in [7, 11) is 0. The third-order valence-electron chi connectivity index (χ3n) is 3.06. The summed E-state index contributed by atoms with van der Waals surface area (Å²) in [5.41, 5.74) is 1.56. The van der Waals surface area contributed by atoms with Gasteiger partial charge in [0.25, 0.3) is 0 Å². The molecule has 1 heterocycles. The SMILES string of the molecule is C=C1C[C@H](CCC=O)OC1CCC(C)(C)C. The van der Waals surface area contributed by atoms with Crippen LogP contribution in [0.5, 0.6) is 0 Å². The zero-order chi connectivity index (χ0) is 12.2. The fraction of sp³-hybridized carbons (Fsp3) is 0.786. The van der Waals surface area contributed by atoms with Crippen molar-refractivity contribution in [3.63, 3.8) is 0 Å². The molecule has 0 bridgehead atoms. The molecular formula is C14H24O2. The molecule has 1 aliphatic heterocycles. The molecule has 1 unspecified atom stereocenters. The van der Waals surface area contributed by atoms with Crippen LogP contribution in [0.3, 0.4) is 0 Å². The van der Waals surface area contributed by atoms with E-state index in [1.165, 1.54) is 5.57 Å². The molecule has 0 saturated carbocycles. The van der Waals surface area contributed by atoms with Crippen molar-refractivity contribution in [2.75, 3.05) is 0 Å². The minimum absolute atomic E-state index is 0.218. The quantitative estimate of drug-likeness (QED) is 0.527. The molecule has 92 valence electrons. The number of rotatable bonds is 5. The Morgan fingerprint density at radius 1 is 1.44 bits per heavy atom. The number of carbonyl (C=O) groups is 1. The molecule has 0 aliphatic carbocycles. The Bertz CT molecular complexity index is 250. The van der Waals surface area contributed by atoms with Crippen LogP contribution in [0.2, 0.25) is 0 Å². The highest BCUT2D eigenvalue weighted by Gasteiger charge is 2.29. The lowest BCUT2D eigenvalue weighted by Crippen LogP contribution is -2.15. The molecule has 0 spiro atoms. The third-order valence-corrected chi connectivity index (χ3v) is 3.06. The summed E-state index contributed by atoms with van der Waals surface area (Å²) in [5.74, 6) is 0. The molecule has 1 rings (SSSR count). The van der Waals surface area contributed by atoms with E-state index in [0.29, 0.717) is 11.8 Å². The van der Waals surface area contributed by atoms with Gasteiger partial charge in [-0.3, -0.25) is 0 Å². The lowest BCUT2D eigenvalue weighted by molar-refractivity contribution is -0.108. The molecule has 0 aromatic heterocycles. The van der Waals surface area contributed by atoms with Crippen LogP contribution >= 0.6 is 0 Å². The fourth-order valence-corrected chi connectivity index (χ4v) is 2.06. The van der Waals surface area contributed by atoms with E-state index >= 15 is 0 Å². The van der Waals surface area contributed by atoms with Gasteiger partial charge >= 0.3 is 0 Å². The van der Waals surface area contributed by atoms with Crippen LogP contribution in [-0.2, 0) is 9.53 Å². The summed E-state index contributed by atoms with van der Waals surface area (Å²) in [6, 6.07) is 0. The molecule has 1 aliphatic rings. The maximum atomic E-state index is 10.3. The molecule has 16 heavy (non-hydrogen) atoms. The number of carbonyl (C=O) groups excluding carboxylic acids is 1. The average Bonchev–Trinajstić information content (AvgIpc) is 2.52. The van der Waals surface area contributed by atoms with Crippen molar-refractivity contribution in [3.05, 3.63) is 12.2 Å². The predicted molar refractivity (Wildman–Crippen MR) is 66.4 cm³/mol. The largest absolute Gasteiger partial charge is 0.370 e. The Morgan fingerprint density at radius 3 is 2.69 bits per heavy atom. The van der Waals surface area contributed by atoms with Gasteiger partial charge in [-0.05, 0) is 36.7 Å². The third kappa shape index (κ3) is 4.48. The number of ether oxygens (including phenoxy) is 1. The highest BCUT2D eigenvalue weighted by Crippen LogP contribution is 2.32. The van der Waals surface area contributed by atoms with Crippen molar-refractivity contribution in [3.8, 4) is 0 Å². The van der Waals surface area contributed by atoms with Crippen LogP contribution in [0.1, 0.15) is 52.9 Å². The molecule has 2 heteroatoms. The first-order chi connectivity index (χ1) is 7.42. The standard InChI is InChI=1S/C14H24O2/c1-11-10-12(6-5-9-15)16-13(11)7-8-14(2,3)4/h9,12-13H,1,5-8,10H2,2-4H3/t12-,13?/m0/s1. The first kappa shape index (κ1) is 13.4. The zero-order valence-corrected chi connectivity index (χ0v) is 10.8. The lowest BCUT2D eigenvalue weighted by Gasteiger charge is -2.21. The Balaban J connectivity index is 2.33. The van der Waals surface area contributed by atoms with Crippen molar-refractivity contribution in [2.45, 2.75) is 65.1 Å². The van der Waals surface area contributed by atoms with Crippen LogP contribution in [-0.4, -0.2) is 18.5 Å². The van der Waals surface area contributed by atoms with Crippen molar-refractivity contribution in [1.29, 1.82) is 0 Å². The smallest absolute Gasteiger partial charge is 0.120 e. The van der Waals surface area contributed by atoms with Crippen LogP contribution in [0.15, 0.2) is 12.2 Å². The summed E-state index contributed by atoms with van der Waals surface area (Å²) in [6.07, 6.45) is 5.99. The Kier molecular flexibility index (Phi) is 4.72. The van der Waals surface area contributed by atoms with Crippen LogP contribution in [0, 0.1) is 5.41 Å². The van der Waals surface area contributed by atoms with E-state index in [9.17, 15) is 4.79 Å². The second kappa shape index (κ2) is 5.62. The lowest BCUT2D eigenvalue weighted by atomic mass is 9.88. The first-order valence-corrected chi connectivity index (χ1v) is 6.19. The van der Waals surface area contributed by atoms with Gasteiger partial charge in [0.05, 0.1) is 12.2 Å². The summed E-state index contributed by atoms with van der Waals surface area (Å²) in [6.45, 7) is 10.8. The summed E-state index contributed by atoms with van der Waals surface area (Å²) in [4.78, 5) is 10.3.